The third-order valence-corrected chi connectivity index (χ3v) is 4.44. The second-order valence-electron chi connectivity index (χ2n) is 3.08. The van der Waals surface area contributed by atoms with Crippen LogP contribution in [0.2, 0.25) is 0 Å². The van der Waals surface area contributed by atoms with Gasteiger partial charge < -0.3 is 0 Å². The summed E-state index contributed by atoms with van der Waals surface area (Å²) in [6.07, 6.45) is 1.83. The molecule has 0 saturated carbocycles. The summed E-state index contributed by atoms with van der Waals surface area (Å²) in [6, 6.07) is 5.99. The molecule has 0 saturated heterocycles. The van der Waals surface area contributed by atoms with Crippen molar-refractivity contribution in [2.24, 2.45) is 0 Å². The summed E-state index contributed by atoms with van der Waals surface area (Å²) in [7, 11) is 4.12. The maximum absolute atomic E-state index is 4.32. The highest BCUT2D eigenvalue weighted by molar-refractivity contribution is 7.28. The molecule has 0 atom stereocenters. The molecule has 2 rings (SSSR count). The molecule has 2 nitrogen and oxygen atoms in total. The van der Waals surface area contributed by atoms with Gasteiger partial charge in [-0.3, -0.25) is 4.98 Å². The molecule has 2 aromatic rings. The number of pyridine rings is 1. The van der Waals surface area contributed by atoms with Crippen LogP contribution >= 0.6 is 22.7 Å². The van der Waals surface area contributed by atoms with Crippen LogP contribution in [0.1, 0.15) is 0 Å². The molecule has 0 bridgehead atoms. The maximum atomic E-state index is 4.32. The van der Waals surface area contributed by atoms with Crippen molar-refractivity contribution in [3.8, 4) is 10.6 Å². The Balaban J connectivity index is 2.50. The molecule has 14 heavy (non-hydrogen) atoms. The third kappa shape index (κ3) is 1.91. The SMILES string of the molecule is C[N+](C)=c1scc(-c2ccccn2)s1. The van der Waals surface area contributed by atoms with Crippen LogP contribution in [0.25, 0.3) is 10.6 Å². The number of rotatable bonds is 1. The second kappa shape index (κ2) is 4.02. The van der Waals surface area contributed by atoms with E-state index in [-0.39, 0.29) is 0 Å². The van der Waals surface area contributed by atoms with Crippen molar-refractivity contribution in [1.29, 1.82) is 0 Å². The highest BCUT2D eigenvalue weighted by Gasteiger charge is 2.04. The summed E-state index contributed by atoms with van der Waals surface area (Å²) < 4.78 is 3.42. The van der Waals surface area contributed by atoms with Crippen LogP contribution in [0.4, 0.5) is 0 Å². The first-order valence-corrected chi connectivity index (χ1v) is 5.97. The van der Waals surface area contributed by atoms with E-state index in [1.54, 1.807) is 22.7 Å². The Labute approximate surface area is 90.8 Å². The average Bonchev–Trinajstić information content (AvgIpc) is 2.68. The lowest BCUT2D eigenvalue weighted by Gasteiger charge is -1.91. The summed E-state index contributed by atoms with van der Waals surface area (Å²) in [5, 5.41) is 2.16. The van der Waals surface area contributed by atoms with Crippen molar-refractivity contribution in [2.75, 3.05) is 14.1 Å². The zero-order chi connectivity index (χ0) is 9.97. The van der Waals surface area contributed by atoms with E-state index in [1.165, 1.54) is 8.86 Å². The van der Waals surface area contributed by atoms with Crippen LogP contribution < -0.4 is 8.56 Å². The fourth-order valence-corrected chi connectivity index (χ4v) is 3.14. The second-order valence-corrected chi connectivity index (χ2v) is 5.22. The van der Waals surface area contributed by atoms with Gasteiger partial charge in [0.05, 0.1) is 10.6 Å². The molecule has 0 amide bonds. The third-order valence-electron chi connectivity index (χ3n) is 1.75. The van der Waals surface area contributed by atoms with E-state index in [4.69, 9.17) is 0 Å². The largest absolute Gasteiger partial charge is 0.314 e. The van der Waals surface area contributed by atoms with Crippen LogP contribution in [0, 0.1) is 0 Å². The van der Waals surface area contributed by atoms with E-state index in [2.05, 4.69) is 29.0 Å². The predicted molar refractivity (Wildman–Crippen MR) is 62.5 cm³/mol. The zero-order valence-electron chi connectivity index (χ0n) is 8.10. The molecule has 0 radical (unpaired) electrons. The molecule has 2 aromatic heterocycles. The highest BCUT2D eigenvalue weighted by atomic mass is 32.2. The smallest absolute Gasteiger partial charge is 0.255 e. The van der Waals surface area contributed by atoms with E-state index in [0.29, 0.717) is 0 Å². The lowest BCUT2D eigenvalue weighted by Crippen LogP contribution is -2.14. The average molecular weight is 223 g/mol. The molecule has 0 N–H and O–H groups in total. The van der Waals surface area contributed by atoms with E-state index < -0.39 is 0 Å². The monoisotopic (exact) mass is 223 g/mol. The minimum absolute atomic E-state index is 1.06. The van der Waals surface area contributed by atoms with Crippen molar-refractivity contribution >= 4 is 22.7 Å². The van der Waals surface area contributed by atoms with Gasteiger partial charge in [-0.25, -0.2) is 4.58 Å². The Morgan fingerprint density at radius 2 is 2.14 bits per heavy atom. The summed E-state index contributed by atoms with van der Waals surface area (Å²) >= 11 is 3.53. The van der Waals surface area contributed by atoms with Gasteiger partial charge in [0.1, 0.15) is 14.1 Å². The summed E-state index contributed by atoms with van der Waals surface area (Å²) in [5.74, 6) is 0. The predicted octanol–water partition coefficient (Wildman–Crippen LogP) is 1.90. The molecular weight excluding hydrogens is 212 g/mol. The Kier molecular flexibility index (Phi) is 2.74. The van der Waals surface area contributed by atoms with Crippen molar-refractivity contribution in [3.63, 3.8) is 0 Å². The van der Waals surface area contributed by atoms with Gasteiger partial charge in [-0.1, -0.05) is 28.7 Å². The fourth-order valence-electron chi connectivity index (χ4n) is 1.06. The van der Waals surface area contributed by atoms with Gasteiger partial charge in [0, 0.05) is 11.6 Å². The Morgan fingerprint density at radius 3 is 2.71 bits per heavy atom. The molecule has 4 heteroatoms. The normalized spacial score (nSPS) is 10.1. The van der Waals surface area contributed by atoms with E-state index >= 15 is 0 Å². The molecular formula is C10H11N2S2+. The van der Waals surface area contributed by atoms with Crippen LogP contribution in [0.15, 0.2) is 29.8 Å². The highest BCUT2D eigenvalue weighted by Crippen LogP contribution is 2.20. The molecule has 0 aliphatic heterocycles. The lowest BCUT2D eigenvalue weighted by molar-refractivity contribution is 0.844. The Morgan fingerprint density at radius 1 is 1.29 bits per heavy atom. The summed E-state index contributed by atoms with van der Waals surface area (Å²) in [6.45, 7) is 0. The van der Waals surface area contributed by atoms with Crippen LogP contribution in [-0.4, -0.2) is 19.1 Å². The molecule has 0 spiro atoms. The van der Waals surface area contributed by atoms with Crippen LogP contribution in [-0.2, 0) is 0 Å². The van der Waals surface area contributed by atoms with Gasteiger partial charge in [0.2, 0.25) is 0 Å². The zero-order valence-corrected chi connectivity index (χ0v) is 9.73. The number of nitrogens with zero attached hydrogens (tertiary/aromatic N) is 2. The van der Waals surface area contributed by atoms with Gasteiger partial charge in [0.25, 0.3) is 0 Å². The van der Waals surface area contributed by atoms with Crippen molar-refractivity contribution in [3.05, 3.63) is 33.8 Å². The molecule has 0 aromatic carbocycles. The van der Waals surface area contributed by atoms with Gasteiger partial charge in [-0.05, 0) is 12.1 Å². The van der Waals surface area contributed by atoms with Crippen molar-refractivity contribution in [2.45, 2.75) is 0 Å². The Hall–Kier alpha value is -1.00. The van der Waals surface area contributed by atoms with Gasteiger partial charge in [-0.15, -0.1) is 0 Å². The van der Waals surface area contributed by atoms with E-state index in [0.717, 1.165) is 5.69 Å². The molecule has 0 aliphatic carbocycles. The fraction of sp³-hybridized carbons (Fsp3) is 0.200. The molecule has 2 heterocycles. The van der Waals surface area contributed by atoms with Gasteiger partial charge >= 0.3 is 3.98 Å². The maximum Gasteiger partial charge on any atom is 0.314 e. The topological polar surface area (TPSA) is 15.9 Å². The first kappa shape index (κ1) is 9.55. The van der Waals surface area contributed by atoms with Gasteiger partial charge in [0.15, 0.2) is 0 Å². The quantitative estimate of drug-likeness (QED) is 0.674. The van der Waals surface area contributed by atoms with Crippen LogP contribution in [0.5, 0.6) is 0 Å². The number of hydrogen-bond acceptors (Lipinski definition) is 3. The molecule has 0 unspecified atom stereocenters. The lowest BCUT2D eigenvalue weighted by atomic mass is 10.3. The minimum Gasteiger partial charge on any atom is -0.255 e. The first-order valence-electron chi connectivity index (χ1n) is 4.28. The van der Waals surface area contributed by atoms with Crippen molar-refractivity contribution in [1.82, 2.24) is 9.56 Å². The summed E-state index contributed by atoms with van der Waals surface area (Å²) in [5.41, 5.74) is 1.06. The number of aromatic nitrogens is 1. The Bertz CT molecular complexity index is 478. The molecule has 72 valence electrons. The van der Waals surface area contributed by atoms with Crippen molar-refractivity contribution < 1.29 is 0 Å². The molecule has 0 aliphatic rings. The molecule has 0 fully saturated rings. The minimum atomic E-state index is 1.06. The van der Waals surface area contributed by atoms with Crippen LogP contribution in [0.3, 0.4) is 0 Å². The van der Waals surface area contributed by atoms with E-state index in [9.17, 15) is 0 Å². The van der Waals surface area contributed by atoms with E-state index in [1.807, 2.05) is 24.4 Å². The number of hydrogen-bond donors (Lipinski definition) is 0. The van der Waals surface area contributed by atoms with Gasteiger partial charge in [-0.2, -0.15) is 0 Å². The first-order chi connectivity index (χ1) is 6.77. The summed E-state index contributed by atoms with van der Waals surface area (Å²) in [4.78, 5) is 5.56. The standard InChI is InChI=1S/C10H11N2S2/c1-12(2)10-13-7-9(14-10)8-5-3-4-6-11-8/h3-7H,1-2H3/q+1.